The lowest BCUT2D eigenvalue weighted by molar-refractivity contribution is 0.179. The van der Waals surface area contributed by atoms with E-state index in [2.05, 4.69) is 16.9 Å². The molecular weight excluding hydrogens is 248 g/mol. The zero-order chi connectivity index (χ0) is 13.0. The van der Waals surface area contributed by atoms with Crippen LogP contribution in [0.5, 0.6) is 0 Å². The van der Waals surface area contributed by atoms with E-state index in [1.54, 1.807) is 18.4 Å². The number of thiazole rings is 1. The zero-order valence-electron chi connectivity index (χ0n) is 11.2. The van der Waals surface area contributed by atoms with Gasteiger partial charge in [-0.1, -0.05) is 30.6 Å². The fraction of sp³-hybridized carbons (Fsp3) is 0.769. The standard InChI is InChI=1S/C13H22N2O2S/c1-15(10-6-4-3-5-7-10)13-14-11(9-17-2)12(8-16)18-13/h10,16H,3-9H2,1-2H3. The number of rotatable bonds is 5. The number of anilines is 1. The van der Waals surface area contributed by atoms with Crippen molar-refractivity contribution in [1.82, 2.24) is 4.98 Å². The molecule has 2 rings (SSSR count). The Hall–Kier alpha value is -0.650. The highest BCUT2D eigenvalue weighted by molar-refractivity contribution is 7.15. The molecule has 1 saturated carbocycles. The third-order valence-electron chi connectivity index (χ3n) is 3.62. The number of aromatic nitrogens is 1. The molecule has 4 nitrogen and oxygen atoms in total. The van der Waals surface area contributed by atoms with Gasteiger partial charge in [0.2, 0.25) is 0 Å². The highest BCUT2D eigenvalue weighted by Gasteiger charge is 2.21. The van der Waals surface area contributed by atoms with Gasteiger partial charge < -0.3 is 14.7 Å². The summed E-state index contributed by atoms with van der Waals surface area (Å²) < 4.78 is 5.12. The molecule has 1 heterocycles. The van der Waals surface area contributed by atoms with Crippen LogP contribution in [0, 0.1) is 0 Å². The largest absolute Gasteiger partial charge is 0.391 e. The summed E-state index contributed by atoms with van der Waals surface area (Å²) in [6.07, 6.45) is 6.50. The molecule has 0 radical (unpaired) electrons. The van der Waals surface area contributed by atoms with Gasteiger partial charge in [0.1, 0.15) is 0 Å². The number of aliphatic hydroxyl groups excluding tert-OH is 1. The predicted molar refractivity (Wildman–Crippen MR) is 74.0 cm³/mol. The van der Waals surface area contributed by atoms with E-state index in [0.29, 0.717) is 12.6 Å². The first-order chi connectivity index (χ1) is 8.76. The van der Waals surface area contributed by atoms with Gasteiger partial charge in [-0.2, -0.15) is 0 Å². The van der Waals surface area contributed by atoms with Gasteiger partial charge in [-0.05, 0) is 12.8 Å². The number of hydrogen-bond acceptors (Lipinski definition) is 5. The summed E-state index contributed by atoms with van der Waals surface area (Å²) >= 11 is 1.59. The quantitative estimate of drug-likeness (QED) is 0.893. The SMILES string of the molecule is COCc1nc(N(C)C2CCCCC2)sc1CO. The molecule has 1 fully saturated rings. The van der Waals surface area contributed by atoms with Crippen molar-refractivity contribution in [3.63, 3.8) is 0 Å². The number of hydrogen-bond donors (Lipinski definition) is 1. The molecule has 1 aromatic heterocycles. The number of aliphatic hydroxyl groups is 1. The summed E-state index contributed by atoms with van der Waals surface area (Å²) in [6.45, 7) is 0.528. The third-order valence-corrected chi connectivity index (χ3v) is 4.79. The van der Waals surface area contributed by atoms with Crippen LogP contribution in [0.15, 0.2) is 0 Å². The van der Waals surface area contributed by atoms with Crippen molar-refractivity contribution in [3.8, 4) is 0 Å². The molecule has 0 unspecified atom stereocenters. The van der Waals surface area contributed by atoms with Gasteiger partial charge in [-0.3, -0.25) is 0 Å². The number of ether oxygens (including phenoxy) is 1. The Balaban J connectivity index is 2.11. The Morgan fingerprint density at radius 1 is 1.39 bits per heavy atom. The minimum Gasteiger partial charge on any atom is -0.391 e. The maximum atomic E-state index is 9.35. The van der Waals surface area contributed by atoms with E-state index in [1.807, 2.05) is 0 Å². The Morgan fingerprint density at radius 3 is 2.72 bits per heavy atom. The molecule has 0 amide bonds. The van der Waals surface area contributed by atoms with E-state index in [9.17, 15) is 5.11 Å². The fourth-order valence-electron chi connectivity index (χ4n) is 2.52. The lowest BCUT2D eigenvalue weighted by atomic mass is 9.95. The van der Waals surface area contributed by atoms with Crippen LogP contribution in [0.3, 0.4) is 0 Å². The minimum absolute atomic E-state index is 0.0505. The van der Waals surface area contributed by atoms with Gasteiger partial charge in [0, 0.05) is 20.2 Å². The highest BCUT2D eigenvalue weighted by Crippen LogP contribution is 2.31. The normalized spacial score (nSPS) is 17.1. The van der Waals surface area contributed by atoms with Crippen LogP contribution >= 0.6 is 11.3 Å². The van der Waals surface area contributed by atoms with Crippen LogP contribution in [0.2, 0.25) is 0 Å². The molecule has 5 heteroatoms. The summed E-state index contributed by atoms with van der Waals surface area (Å²) in [7, 11) is 3.78. The predicted octanol–water partition coefficient (Wildman–Crippen LogP) is 2.55. The molecule has 102 valence electrons. The van der Waals surface area contributed by atoms with E-state index in [1.165, 1.54) is 32.1 Å². The summed E-state index contributed by atoms with van der Waals surface area (Å²) in [5, 5.41) is 10.4. The maximum Gasteiger partial charge on any atom is 0.185 e. The smallest absolute Gasteiger partial charge is 0.185 e. The van der Waals surface area contributed by atoms with Gasteiger partial charge in [0.15, 0.2) is 5.13 Å². The Labute approximate surface area is 113 Å². The topological polar surface area (TPSA) is 45.6 Å². The molecular formula is C13H22N2O2S. The van der Waals surface area contributed by atoms with Crippen molar-refractivity contribution in [2.24, 2.45) is 0 Å². The summed E-state index contributed by atoms with van der Waals surface area (Å²) in [6, 6.07) is 0.604. The Bertz CT molecular complexity index is 375. The van der Waals surface area contributed by atoms with Crippen molar-refractivity contribution < 1.29 is 9.84 Å². The van der Waals surface area contributed by atoms with Crippen molar-refractivity contribution in [2.75, 3.05) is 19.1 Å². The van der Waals surface area contributed by atoms with E-state index >= 15 is 0 Å². The zero-order valence-corrected chi connectivity index (χ0v) is 12.0. The first-order valence-electron chi connectivity index (χ1n) is 6.57. The molecule has 1 aliphatic rings. The summed E-state index contributed by atoms with van der Waals surface area (Å²) in [4.78, 5) is 7.81. The van der Waals surface area contributed by atoms with Gasteiger partial charge >= 0.3 is 0 Å². The van der Waals surface area contributed by atoms with E-state index in [-0.39, 0.29) is 6.61 Å². The minimum atomic E-state index is 0.0505. The van der Waals surface area contributed by atoms with E-state index in [0.717, 1.165) is 15.7 Å². The molecule has 0 aliphatic heterocycles. The molecule has 0 bridgehead atoms. The van der Waals surface area contributed by atoms with E-state index in [4.69, 9.17) is 4.74 Å². The molecule has 0 saturated heterocycles. The number of nitrogens with zero attached hydrogens (tertiary/aromatic N) is 2. The Morgan fingerprint density at radius 2 is 2.11 bits per heavy atom. The number of methoxy groups -OCH3 is 1. The van der Waals surface area contributed by atoms with Crippen LogP contribution in [-0.4, -0.2) is 30.3 Å². The lowest BCUT2D eigenvalue weighted by Crippen LogP contribution is -2.33. The molecule has 1 N–H and O–H groups in total. The average Bonchev–Trinajstić information content (AvgIpc) is 2.82. The summed E-state index contributed by atoms with van der Waals surface area (Å²) in [5.41, 5.74) is 0.877. The first-order valence-corrected chi connectivity index (χ1v) is 7.39. The monoisotopic (exact) mass is 270 g/mol. The van der Waals surface area contributed by atoms with Crippen LogP contribution in [0.25, 0.3) is 0 Å². The van der Waals surface area contributed by atoms with Crippen LogP contribution in [-0.2, 0) is 18.0 Å². The second kappa shape index (κ2) is 6.50. The van der Waals surface area contributed by atoms with Crippen LogP contribution in [0.4, 0.5) is 5.13 Å². The molecule has 18 heavy (non-hydrogen) atoms. The second-order valence-corrected chi connectivity index (χ2v) is 5.92. The molecule has 0 spiro atoms. The molecule has 0 aromatic carbocycles. The van der Waals surface area contributed by atoms with Gasteiger partial charge in [0.05, 0.1) is 23.8 Å². The summed E-state index contributed by atoms with van der Waals surface area (Å²) in [5.74, 6) is 0. The second-order valence-electron chi connectivity index (χ2n) is 4.86. The van der Waals surface area contributed by atoms with Crippen molar-refractivity contribution >= 4 is 16.5 Å². The first kappa shape index (κ1) is 13.8. The van der Waals surface area contributed by atoms with Gasteiger partial charge in [-0.25, -0.2) is 4.98 Å². The highest BCUT2D eigenvalue weighted by atomic mass is 32.1. The fourth-order valence-corrected chi connectivity index (χ4v) is 3.47. The van der Waals surface area contributed by atoms with Crippen molar-refractivity contribution in [1.29, 1.82) is 0 Å². The third kappa shape index (κ3) is 3.02. The van der Waals surface area contributed by atoms with Crippen molar-refractivity contribution in [3.05, 3.63) is 10.6 Å². The van der Waals surface area contributed by atoms with E-state index < -0.39 is 0 Å². The maximum absolute atomic E-state index is 9.35. The van der Waals surface area contributed by atoms with Gasteiger partial charge in [0.25, 0.3) is 0 Å². The molecule has 0 atom stereocenters. The molecule has 1 aromatic rings. The van der Waals surface area contributed by atoms with Crippen molar-refractivity contribution in [2.45, 2.75) is 51.4 Å². The molecule has 1 aliphatic carbocycles. The average molecular weight is 270 g/mol. The van der Waals surface area contributed by atoms with Crippen LogP contribution < -0.4 is 4.90 Å². The van der Waals surface area contributed by atoms with Crippen LogP contribution in [0.1, 0.15) is 42.7 Å². The lowest BCUT2D eigenvalue weighted by Gasteiger charge is -2.30. The van der Waals surface area contributed by atoms with Gasteiger partial charge in [-0.15, -0.1) is 0 Å². The Kier molecular flexibility index (Phi) is 4.97.